The number of hydrogen-bond acceptors (Lipinski definition) is 2. The number of primary amides is 1. The van der Waals surface area contributed by atoms with Gasteiger partial charge < -0.3 is 5.73 Å². The van der Waals surface area contributed by atoms with Crippen LogP contribution in [-0.4, -0.2) is 10.9 Å². The molecule has 0 spiro atoms. The second-order valence-corrected chi connectivity index (χ2v) is 5.12. The maximum absolute atomic E-state index is 11.0. The van der Waals surface area contributed by atoms with Gasteiger partial charge in [-0.05, 0) is 35.8 Å². The number of nitrogens with two attached hydrogens (primary N) is 1. The first-order valence-electron chi connectivity index (χ1n) is 6.18. The van der Waals surface area contributed by atoms with Gasteiger partial charge in [-0.15, -0.1) is 0 Å². The highest BCUT2D eigenvalue weighted by molar-refractivity contribution is 5.73. The second-order valence-electron chi connectivity index (χ2n) is 5.12. The summed E-state index contributed by atoms with van der Waals surface area (Å²) < 4.78 is 0. The summed E-state index contributed by atoms with van der Waals surface area (Å²) in [6.45, 7) is 6.49. The molecule has 0 aliphatic heterocycles. The SMILES string of the molecule is CC(C)C(Cc1cccnc1)C(C)CC(N)=O. The van der Waals surface area contributed by atoms with Crippen molar-refractivity contribution >= 4 is 5.91 Å². The number of pyridine rings is 1. The minimum Gasteiger partial charge on any atom is -0.370 e. The molecule has 2 atom stereocenters. The molecule has 0 aromatic carbocycles. The Morgan fingerprint density at radius 2 is 2.12 bits per heavy atom. The van der Waals surface area contributed by atoms with Crippen molar-refractivity contribution in [2.75, 3.05) is 0 Å². The Morgan fingerprint density at radius 3 is 2.59 bits per heavy atom. The first kappa shape index (κ1) is 13.7. The summed E-state index contributed by atoms with van der Waals surface area (Å²) >= 11 is 0. The molecule has 0 radical (unpaired) electrons. The smallest absolute Gasteiger partial charge is 0.217 e. The number of nitrogens with zero attached hydrogens (tertiary/aromatic N) is 1. The summed E-state index contributed by atoms with van der Waals surface area (Å²) in [5.41, 5.74) is 6.50. The van der Waals surface area contributed by atoms with E-state index in [-0.39, 0.29) is 5.91 Å². The van der Waals surface area contributed by atoms with Gasteiger partial charge in [0.05, 0.1) is 0 Å². The van der Waals surface area contributed by atoms with Crippen LogP contribution in [0.15, 0.2) is 24.5 Å². The summed E-state index contributed by atoms with van der Waals surface area (Å²) in [6.07, 6.45) is 5.09. The normalized spacial score (nSPS) is 14.6. The van der Waals surface area contributed by atoms with Crippen LogP contribution in [0.25, 0.3) is 0 Å². The fourth-order valence-corrected chi connectivity index (χ4v) is 2.35. The van der Waals surface area contributed by atoms with Gasteiger partial charge in [-0.2, -0.15) is 0 Å². The lowest BCUT2D eigenvalue weighted by molar-refractivity contribution is -0.119. The average Bonchev–Trinajstić information content (AvgIpc) is 2.25. The molecule has 1 heterocycles. The van der Waals surface area contributed by atoms with Gasteiger partial charge in [0, 0.05) is 18.8 Å². The van der Waals surface area contributed by atoms with Gasteiger partial charge in [0.2, 0.25) is 5.91 Å². The number of aromatic nitrogens is 1. The van der Waals surface area contributed by atoms with E-state index in [4.69, 9.17) is 5.73 Å². The zero-order chi connectivity index (χ0) is 12.8. The standard InChI is InChI=1S/C14H22N2O/c1-10(2)13(11(3)7-14(15)17)8-12-5-4-6-16-9-12/h4-6,9-11,13H,7-8H2,1-3H3,(H2,15,17). The zero-order valence-corrected chi connectivity index (χ0v) is 10.9. The third-order valence-electron chi connectivity index (χ3n) is 3.30. The zero-order valence-electron chi connectivity index (χ0n) is 10.9. The van der Waals surface area contributed by atoms with E-state index < -0.39 is 0 Å². The monoisotopic (exact) mass is 234 g/mol. The van der Waals surface area contributed by atoms with Gasteiger partial charge in [-0.1, -0.05) is 26.8 Å². The molecule has 17 heavy (non-hydrogen) atoms. The Balaban J connectivity index is 2.70. The molecule has 1 amide bonds. The molecule has 0 saturated carbocycles. The number of hydrogen-bond donors (Lipinski definition) is 1. The maximum atomic E-state index is 11.0. The Morgan fingerprint density at radius 1 is 1.41 bits per heavy atom. The van der Waals surface area contributed by atoms with E-state index in [0.29, 0.717) is 24.2 Å². The van der Waals surface area contributed by atoms with Gasteiger partial charge >= 0.3 is 0 Å². The molecular formula is C14H22N2O. The van der Waals surface area contributed by atoms with Crippen molar-refractivity contribution in [3.63, 3.8) is 0 Å². The number of carbonyl (C=O) groups excluding carboxylic acids is 1. The first-order chi connectivity index (χ1) is 8.00. The fourth-order valence-electron chi connectivity index (χ4n) is 2.35. The molecule has 2 unspecified atom stereocenters. The molecule has 3 nitrogen and oxygen atoms in total. The molecule has 3 heteroatoms. The summed E-state index contributed by atoms with van der Waals surface area (Å²) in [7, 11) is 0. The Bertz CT molecular complexity index is 348. The molecule has 94 valence electrons. The van der Waals surface area contributed by atoms with Crippen LogP contribution in [0.3, 0.4) is 0 Å². The van der Waals surface area contributed by atoms with Crippen LogP contribution >= 0.6 is 0 Å². The van der Waals surface area contributed by atoms with E-state index in [1.54, 1.807) is 6.20 Å². The van der Waals surface area contributed by atoms with Crippen molar-refractivity contribution in [1.29, 1.82) is 0 Å². The van der Waals surface area contributed by atoms with E-state index in [1.165, 1.54) is 5.56 Å². The summed E-state index contributed by atoms with van der Waals surface area (Å²) in [6, 6.07) is 4.03. The third-order valence-corrected chi connectivity index (χ3v) is 3.30. The van der Waals surface area contributed by atoms with Crippen molar-refractivity contribution in [1.82, 2.24) is 4.98 Å². The molecule has 1 aromatic heterocycles. The lowest BCUT2D eigenvalue weighted by Crippen LogP contribution is -2.25. The summed E-state index contributed by atoms with van der Waals surface area (Å²) in [5.74, 6) is 1.10. The van der Waals surface area contributed by atoms with Crippen molar-refractivity contribution in [3.05, 3.63) is 30.1 Å². The highest BCUT2D eigenvalue weighted by Crippen LogP contribution is 2.27. The van der Waals surface area contributed by atoms with Crippen molar-refractivity contribution in [2.24, 2.45) is 23.5 Å². The molecule has 0 aliphatic rings. The highest BCUT2D eigenvalue weighted by Gasteiger charge is 2.22. The second kappa shape index (κ2) is 6.38. The Kier molecular flexibility index (Phi) is 5.13. The van der Waals surface area contributed by atoms with Crippen LogP contribution in [0.2, 0.25) is 0 Å². The van der Waals surface area contributed by atoms with Crippen LogP contribution in [0, 0.1) is 17.8 Å². The van der Waals surface area contributed by atoms with E-state index in [2.05, 4.69) is 31.8 Å². The quantitative estimate of drug-likeness (QED) is 0.821. The minimum absolute atomic E-state index is 0.214. The molecule has 0 aliphatic carbocycles. The van der Waals surface area contributed by atoms with E-state index in [0.717, 1.165) is 6.42 Å². The van der Waals surface area contributed by atoms with Crippen LogP contribution in [0.1, 0.15) is 32.8 Å². The van der Waals surface area contributed by atoms with E-state index >= 15 is 0 Å². The number of carbonyl (C=O) groups is 1. The average molecular weight is 234 g/mol. The van der Waals surface area contributed by atoms with Crippen molar-refractivity contribution < 1.29 is 4.79 Å². The predicted molar refractivity (Wildman–Crippen MR) is 69.2 cm³/mol. The minimum atomic E-state index is -0.214. The molecule has 1 rings (SSSR count). The Hall–Kier alpha value is -1.38. The topological polar surface area (TPSA) is 56.0 Å². The molecule has 2 N–H and O–H groups in total. The van der Waals surface area contributed by atoms with Gasteiger partial charge in [-0.3, -0.25) is 9.78 Å². The number of rotatable bonds is 6. The lowest BCUT2D eigenvalue weighted by atomic mass is 9.79. The third kappa shape index (κ3) is 4.55. The maximum Gasteiger partial charge on any atom is 0.217 e. The predicted octanol–water partition coefficient (Wildman–Crippen LogP) is 2.41. The van der Waals surface area contributed by atoms with Gasteiger partial charge in [0.25, 0.3) is 0 Å². The summed E-state index contributed by atoms with van der Waals surface area (Å²) in [4.78, 5) is 15.1. The van der Waals surface area contributed by atoms with E-state index in [9.17, 15) is 4.79 Å². The Labute approximate surface area is 103 Å². The van der Waals surface area contributed by atoms with Crippen LogP contribution in [0.5, 0.6) is 0 Å². The fraction of sp³-hybridized carbons (Fsp3) is 0.571. The molecule has 1 aromatic rings. The van der Waals surface area contributed by atoms with Crippen molar-refractivity contribution in [3.8, 4) is 0 Å². The van der Waals surface area contributed by atoms with Gasteiger partial charge in [0.15, 0.2) is 0 Å². The largest absolute Gasteiger partial charge is 0.370 e. The van der Waals surface area contributed by atoms with Crippen LogP contribution in [0.4, 0.5) is 0 Å². The molecule has 0 bridgehead atoms. The molecule has 0 saturated heterocycles. The molecular weight excluding hydrogens is 212 g/mol. The highest BCUT2D eigenvalue weighted by atomic mass is 16.1. The van der Waals surface area contributed by atoms with Crippen LogP contribution in [-0.2, 0) is 11.2 Å². The summed E-state index contributed by atoms with van der Waals surface area (Å²) in [5, 5.41) is 0. The van der Waals surface area contributed by atoms with Crippen molar-refractivity contribution in [2.45, 2.75) is 33.6 Å². The van der Waals surface area contributed by atoms with Gasteiger partial charge in [0.1, 0.15) is 0 Å². The van der Waals surface area contributed by atoms with Crippen LogP contribution < -0.4 is 5.73 Å². The molecule has 0 fully saturated rings. The number of amides is 1. The lowest BCUT2D eigenvalue weighted by Gasteiger charge is -2.26. The van der Waals surface area contributed by atoms with Gasteiger partial charge in [-0.25, -0.2) is 0 Å². The first-order valence-corrected chi connectivity index (χ1v) is 6.18. The van der Waals surface area contributed by atoms with E-state index in [1.807, 2.05) is 12.3 Å².